The third-order valence-electron chi connectivity index (χ3n) is 4.12. The number of rotatable bonds is 8. The lowest BCUT2D eigenvalue weighted by atomic mass is 10.2. The maximum absolute atomic E-state index is 9.10. The van der Waals surface area contributed by atoms with Crippen LogP contribution in [0.3, 0.4) is 0 Å². The van der Waals surface area contributed by atoms with E-state index < -0.39 is 11.9 Å². The molecule has 3 N–H and O–H groups in total. The average molecular weight is 367 g/mol. The van der Waals surface area contributed by atoms with Gasteiger partial charge in [-0.25, -0.2) is 9.59 Å². The first-order valence-electron chi connectivity index (χ1n) is 8.91. The molecule has 0 bridgehead atoms. The molecule has 1 aliphatic rings. The van der Waals surface area contributed by atoms with Crippen molar-refractivity contribution >= 4 is 11.9 Å². The molecule has 7 heteroatoms. The van der Waals surface area contributed by atoms with Crippen LogP contribution < -0.4 is 14.8 Å². The summed E-state index contributed by atoms with van der Waals surface area (Å²) in [7, 11) is 1.69. The van der Waals surface area contributed by atoms with Gasteiger partial charge in [-0.05, 0) is 56.8 Å². The van der Waals surface area contributed by atoms with Crippen molar-refractivity contribution in [3.63, 3.8) is 0 Å². The maximum atomic E-state index is 9.10. The first-order chi connectivity index (χ1) is 12.4. The van der Waals surface area contributed by atoms with E-state index in [1.165, 1.54) is 37.7 Å². The molecule has 0 aromatic heterocycles. The standard InChI is InChI=1S/C17H27NO2.C2H2O4/c1-14-9-10-16(17(13-14)19-2)20-12-6-5-11-18-15-7-3-4-8-15;3-1(4)2(5)6/h9-10,13,15,18H,3-8,11-12H2,1-2H3;(H,3,4)(H,5,6). The molecular weight excluding hydrogens is 338 g/mol. The molecular formula is C19H29NO6. The molecule has 0 saturated heterocycles. The van der Waals surface area contributed by atoms with Crippen LogP contribution in [-0.2, 0) is 9.59 Å². The lowest BCUT2D eigenvalue weighted by molar-refractivity contribution is -0.159. The minimum Gasteiger partial charge on any atom is -0.493 e. The Balaban J connectivity index is 0.000000487. The van der Waals surface area contributed by atoms with Crippen LogP contribution in [0.25, 0.3) is 0 Å². The number of nitrogens with one attached hydrogen (secondary N) is 1. The Hall–Kier alpha value is -2.28. The van der Waals surface area contributed by atoms with Gasteiger partial charge in [0.2, 0.25) is 0 Å². The second-order valence-corrected chi connectivity index (χ2v) is 6.26. The van der Waals surface area contributed by atoms with E-state index in [0.29, 0.717) is 0 Å². The van der Waals surface area contributed by atoms with Crippen LogP contribution in [0, 0.1) is 6.92 Å². The van der Waals surface area contributed by atoms with Gasteiger partial charge in [0.1, 0.15) is 0 Å². The van der Waals surface area contributed by atoms with Gasteiger partial charge in [0, 0.05) is 6.04 Å². The molecule has 1 fully saturated rings. The van der Waals surface area contributed by atoms with Crippen molar-refractivity contribution in [2.24, 2.45) is 0 Å². The zero-order valence-electron chi connectivity index (χ0n) is 15.5. The minimum absolute atomic E-state index is 0.756. The Morgan fingerprint density at radius 2 is 1.77 bits per heavy atom. The van der Waals surface area contributed by atoms with Crippen LogP contribution >= 0.6 is 0 Å². The summed E-state index contributed by atoms with van der Waals surface area (Å²) in [6.07, 6.45) is 7.76. The summed E-state index contributed by atoms with van der Waals surface area (Å²) in [5.41, 5.74) is 1.19. The monoisotopic (exact) mass is 367 g/mol. The summed E-state index contributed by atoms with van der Waals surface area (Å²) >= 11 is 0. The van der Waals surface area contributed by atoms with Crippen LogP contribution in [-0.4, -0.2) is 48.5 Å². The van der Waals surface area contributed by atoms with E-state index in [9.17, 15) is 0 Å². The second-order valence-electron chi connectivity index (χ2n) is 6.26. The first kappa shape index (κ1) is 21.8. The quantitative estimate of drug-likeness (QED) is 0.479. The number of unbranched alkanes of at least 4 members (excludes halogenated alkanes) is 1. The summed E-state index contributed by atoms with van der Waals surface area (Å²) in [6.45, 7) is 3.92. The number of aliphatic carboxylic acids is 2. The summed E-state index contributed by atoms with van der Waals surface area (Å²) < 4.78 is 11.1. The highest BCUT2D eigenvalue weighted by Gasteiger charge is 2.13. The van der Waals surface area contributed by atoms with Crippen molar-refractivity contribution in [1.82, 2.24) is 5.32 Å². The topological polar surface area (TPSA) is 105 Å². The average Bonchev–Trinajstić information content (AvgIpc) is 3.12. The number of carbonyl (C=O) groups is 2. The van der Waals surface area contributed by atoms with Gasteiger partial charge < -0.3 is 25.0 Å². The number of benzene rings is 1. The molecule has 2 rings (SSSR count). The Labute approximate surface area is 154 Å². The fraction of sp³-hybridized carbons (Fsp3) is 0.579. The molecule has 1 aromatic carbocycles. The second kappa shape index (κ2) is 12.1. The smallest absolute Gasteiger partial charge is 0.414 e. The lowest BCUT2D eigenvalue weighted by Gasteiger charge is -2.13. The first-order valence-corrected chi connectivity index (χ1v) is 8.91. The maximum Gasteiger partial charge on any atom is 0.414 e. The van der Waals surface area contributed by atoms with Crippen molar-refractivity contribution in [3.8, 4) is 11.5 Å². The summed E-state index contributed by atoms with van der Waals surface area (Å²) in [5, 5.41) is 18.4. The Morgan fingerprint density at radius 3 is 2.35 bits per heavy atom. The Bertz CT molecular complexity index is 557. The summed E-state index contributed by atoms with van der Waals surface area (Å²) in [4.78, 5) is 18.2. The van der Waals surface area contributed by atoms with Crippen LogP contribution in [0.1, 0.15) is 44.1 Å². The zero-order chi connectivity index (χ0) is 19.4. The zero-order valence-corrected chi connectivity index (χ0v) is 15.5. The van der Waals surface area contributed by atoms with Gasteiger partial charge in [-0.15, -0.1) is 0 Å². The van der Waals surface area contributed by atoms with Gasteiger partial charge in [-0.3, -0.25) is 0 Å². The van der Waals surface area contributed by atoms with Crippen molar-refractivity contribution in [1.29, 1.82) is 0 Å². The molecule has 7 nitrogen and oxygen atoms in total. The molecule has 26 heavy (non-hydrogen) atoms. The normalized spacial score (nSPS) is 13.6. The fourth-order valence-electron chi connectivity index (χ4n) is 2.74. The van der Waals surface area contributed by atoms with Gasteiger partial charge in [-0.2, -0.15) is 0 Å². The van der Waals surface area contributed by atoms with E-state index in [2.05, 4.69) is 18.3 Å². The molecule has 146 valence electrons. The van der Waals surface area contributed by atoms with Gasteiger partial charge in [0.25, 0.3) is 0 Å². The summed E-state index contributed by atoms with van der Waals surface area (Å²) in [6, 6.07) is 6.83. The van der Waals surface area contributed by atoms with Gasteiger partial charge in [0.05, 0.1) is 13.7 Å². The number of ether oxygens (including phenoxy) is 2. The summed E-state index contributed by atoms with van der Waals surface area (Å²) in [5.74, 6) is -1.97. The van der Waals surface area contributed by atoms with Gasteiger partial charge in [0.15, 0.2) is 11.5 Å². The molecule has 0 aliphatic heterocycles. The van der Waals surface area contributed by atoms with Gasteiger partial charge >= 0.3 is 11.9 Å². The predicted octanol–water partition coefficient (Wildman–Crippen LogP) is 2.85. The highest BCUT2D eigenvalue weighted by atomic mass is 16.5. The molecule has 0 heterocycles. The van der Waals surface area contributed by atoms with E-state index >= 15 is 0 Å². The molecule has 0 unspecified atom stereocenters. The van der Waals surface area contributed by atoms with E-state index in [1.54, 1.807) is 7.11 Å². The number of hydrogen-bond donors (Lipinski definition) is 3. The van der Waals surface area contributed by atoms with Crippen LogP contribution in [0.5, 0.6) is 11.5 Å². The highest BCUT2D eigenvalue weighted by molar-refractivity contribution is 6.27. The van der Waals surface area contributed by atoms with Gasteiger partial charge in [-0.1, -0.05) is 18.9 Å². The van der Waals surface area contributed by atoms with E-state index in [4.69, 9.17) is 29.3 Å². The van der Waals surface area contributed by atoms with E-state index in [-0.39, 0.29) is 0 Å². The number of carboxylic acids is 2. The number of carboxylic acid groups (broad SMARTS) is 2. The van der Waals surface area contributed by atoms with Crippen LogP contribution in [0.4, 0.5) is 0 Å². The van der Waals surface area contributed by atoms with Crippen molar-refractivity contribution in [3.05, 3.63) is 23.8 Å². The van der Waals surface area contributed by atoms with Crippen molar-refractivity contribution < 1.29 is 29.3 Å². The van der Waals surface area contributed by atoms with E-state index in [0.717, 1.165) is 37.1 Å². The Kier molecular flexibility index (Phi) is 10.2. The predicted molar refractivity (Wildman–Crippen MR) is 98.0 cm³/mol. The largest absolute Gasteiger partial charge is 0.493 e. The third kappa shape index (κ3) is 8.71. The molecule has 1 aliphatic carbocycles. The highest BCUT2D eigenvalue weighted by Crippen LogP contribution is 2.27. The molecule has 0 atom stereocenters. The molecule has 1 aromatic rings. The number of methoxy groups -OCH3 is 1. The van der Waals surface area contributed by atoms with Crippen LogP contribution in [0.2, 0.25) is 0 Å². The fourth-order valence-corrected chi connectivity index (χ4v) is 2.74. The lowest BCUT2D eigenvalue weighted by Crippen LogP contribution is -2.27. The molecule has 0 spiro atoms. The third-order valence-corrected chi connectivity index (χ3v) is 4.12. The molecule has 0 radical (unpaired) electrons. The minimum atomic E-state index is -1.82. The number of aryl methyl sites for hydroxylation is 1. The van der Waals surface area contributed by atoms with Crippen LogP contribution in [0.15, 0.2) is 18.2 Å². The van der Waals surface area contributed by atoms with Crippen molar-refractivity contribution in [2.75, 3.05) is 20.3 Å². The van der Waals surface area contributed by atoms with Crippen molar-refractivity contribution in [2.45, 2.75) is 51.5 Å². The van der Waals surface area contributed by atoms with E-state index in [1.807, 2.05) is 12.1 Å². The molecule has 1 saturated carbocycles. The SMILES string of the molecule is COc1cc(C)ccc1OCCCCNC1CCCC1.O=C(O)C(=O)O. The molecule has 0 amide bonds. The number of hydrogen-bond acceptors (Lipinski definition) is 5. The Morgan fingerprint density at radius 1 is 1.12 bits per heavy atom.